The van der Waals surface area contributed by atoms with Gasteiger partial charge in [-0.3, -0.25) is 4.79 Å². The lowest BCUT2D eigenvalue weighted by atomic mass is 10.2. The van der Waals surface area contributed by atoms with Gasteiger partial charge in [0.05, 0.1) is 12.2 Å². The summed E-state index contributed by atoms with van der Waals surface area (Å²) in [7, 11) is 0. The van der Waals surface area contributed by atoms with E-state index in [0.29, 0.717) is 12.3 Å². The molecule has 2 unspecified atom stereocenters. The number of amides is 1. The molecule has 0 aliphatic carbocycles. The Hall–Kier alpha value is -1.97. The van der Waals surface area contributed by atoms with Crippen LogP contribution in [-0.4, -0.2) is 24.6 Å². The van der Waals surface area contributed by atoms with Crippen molar-refractivity contribution in [1.82, 2.24) is 5.32 Å². The minimum absolute atomic E-state index is 0.0525. The second-order valence-electron chi connectivity index (χ2n) is 4.02. The highest BCUT2D eigenvalue weighted by atomic mass is 16.5. The lowest BCUT2D eigenvalue weighted by Crippen LogP contribution is -2.47. The third-order valence-corrected chi connectivity index (χ3v) is 2.65. The standard InChI is InChI=1S/C13H16N2O2/c1-3-9(2)15-13(16)12-8-14-10-6-4-5-7-11(10)17-12/h3-7,9,12,14H,1,8H2,2H3,(H,15,16). The number of carbonyl (C=O) groups is 1. The van der Waals surface area contributed by atoms with Crippen LogP contribution in [0.25, 0.3) is 0 Å². The fraction of sp³-hybridized carbons (Fsp3) is 0.308. The van der Waals surface area contributed by atoms with Gasteiger partial charge in [0.2, 0.25) is 0 Å². The molecule has 2 N–H and O–H groups in total. The minimum Gasteiger partial charge on any atom is -0.477 e. The van der Waals surface area contributed by atoms with Gasteiger partial charge >= 0.3 is 0 Å². The number of hydrogen-bond donors (Lipinski definition) is 2. The van der Waals surface area contributed by atoms with Gasteiger partial charge in [-0.25, -0.2) is 0 Å². The van der Waals surface area contributed by atoms with Gasteiger partial charge in [0.15, 0.2) is 6.10 Å². The molecule has 4 nitrogen and oxygen atoms in total. The third-order valence-electron chi connectivity index (χ3n) is 2.65. The average Bonchev–Trinajstić information content (AvgIpc) is 2.38. The van der Waals surface area contributed by atoms with Crippen LogP contribution in [0.15, 0.2) is 36.9 Å². The summed E-state index contributed by atoms with van der Waals surface area (Å²) >= 11 is 0. The summed E-state index contributed by atoms with van der Waals surface area (Å²) in [6, 6.07) is 7.53. The monoisotopic (exact) mass is 232 g/mol. The molecule has 17 heavy (non-hydrogen) atoms. The van der Waals surface area contributed by atoms with E-state index in [4.69, 9.17) is 4.74 Å². The Morgan fingerprint density at radius 3 is 3.18 bits per heavy atom. The number of para-hydroxylation sites is 2. The van der Waals surface area contributed by atoms with Crippen molar-refractivity contribution in [2.45, 2.75) is 19.1 Å². The molecule has 4 heteroatoms. The molecule has 1 aromatic carbocycles. The van der Waals surface area contributed by atoms with Crippen molar-refractivity contribution in [3.05, 3.63) is 36.9 Å². The van der Waals surface area contributed by atoms with Crippen molar-refractivity contribution in [2.75, 3.05) is 11.9 Å². The fourth-order valence-electron chi connectivity index (χ4n) is 1.64. The van der Waals surface area contributed by atoms with Crippen LogP contribution in [0.4, 0.5) is 5.69 Å². The van der Waals surface area contributed by atoms with E-state index in [-0.39, 0.29) is 11.9 Å². The summed E-state index contributed by atoms with van der Waals surface area (Å²) in [5.41, 5.74) is 0.924. The van der Waals surface area contributed by atoms with Gasteiger partial charge < -0.3 is 15.4 Å². The van der Waals surface area contributed by atoms with E-state index in [1.807, 2.05) is 31.2 Å². The maximum absolute atomic E-state index is 11.9. The number of ether oxygens (including phenoxy) is 1. The molecule has 1 aliphatic heterocycles. The van der Waals surface area contributed by atoms with Crippen LogP contribution in [0.3, 0.4) is 0 Å². The molecule has 1 heterocycles. The quantitative estimate of drug-likeness (QED) is 0.777. The molecular weight excluding hydrogens is 216 g/mol. The SMILES string of the molecule is C=CC(C)NC(=O)C1CNc2ccccc2O1. The molecule has 1 aromatic rings. The second kappa shape index (κ2) is 4.91. The highest BCUT2D eigenvalue weighted by Gasteiger charge is 2.25. The topological polar surface area (TPSA) is 50.4 Å². The van der Waals surface area contributed by atoms with Crippen molar-refractivity contribution in [2.24, 2.45) is 0 Å². The molecule has 0 aromatic heterocycles. The number of benzene rings is 1. The number of hydrogen-bond acceptors (Lipinski definition) is 3. The number of rotatable bonds is 3. The highest BCUT2D eigenvalue weighted by Crippen LogP contribution is 2.28. The molecule has 2 rings (SSSR count). The molecule has 0 spiro atoms. The van der Waals surface area contributed by atoms with E-state index < -0.39 is 6.10 Å². The van der Waals surface area contributed by atoms with Gasteiger partial charge in [-0.2, -0.15) is 0 Å². The van der Waals surface area contributed by atoms with Crippen molar-refractivity contribution in [1.29, 1.82) is 0 Å². The van der Waals surface area contributed by atoms with Gasteiger partial charge in [-0.05, 0) is 19.1 Å². The number of fused-ring (bicyclic) bond motifs is 1. The first-order valence-electron chi connectivity index (χ1n) is 5.63. The molecule has 0 fully saturated rings. The first kappa shape index (κ1) is 11.5. The molecule has 0 saturated heterocycles. The Bertz CT molecular complexity index is 431. The van der Waals surface area contributed by atoms with Gasteiger partial charge in [0.25, 0.3) is 5.91 Å². The van der Waals surface area contributed by atoms with Crippen LogP contribution < -0.4 is 15.4 Å². The van der Waals surface area contributed by atoms with Crippen molar-refractivity contribution in [3.8, 4) is 5.75 Å². The summed E-state index contributed by atoms with van der Waals surface area (Å²) in [6.45, 7) is 5.97. The van der Waals surface area contributed by atoms with Crippen LogP contribution in [0.5, 0.6) is 5.75 Å². The largest absolute Gasteiger partial charge is 0.477 e. The predicted molar refractivity (Wildman–Crippen MR) is 67.1 cm³/mol. The van der Waals surface area contributed by atoms with Crippen LogP contribution in [0.1, 0.15) is 6.92 Å². The van der Waals surface area contributed by atoms with Crippen molar-refractivity contribution >= 4 is 11.6 Å². The molecule has 1 aliphatic rings. The van der Waals surface area contributed by atoms with E-state index in [1.54, 1.807) is 6.08 Å². The average molecular weight is 232 g/mol. The van der Waals surface area contributed by atoms with E-state index in [1.165, 1.54) is 0 Å². The second-order valence-corrected chi connectivity index (χ2v) is 4.02. The summed E-state index contributed by atoms with van der Waals surface area (Å²) < 4.78 is 5.63. The zero-order valence-electron chi connectivity index (χ0n) is 9.77. The molecular formula is C13H16N2O2. The Balaban J connectivity index is 2.02. The van der Waals surface area contributed by atoms with Crippen LogP contribution in [0.2, 0.25) is 0 Å². The summed E-state index contributed by atoms with van der Waals surface area (Å²) in [6.07, 6.45) is 1.19. The van der Waals surface area contributed by atoms with E-state index in [0.717, 1.165) is 5.69 Å². The maximum atomic E-state index is 11.9. The molecule has 90 valence electrons. The Labute approximate surface area is 101 Å². The first-order chi connectivity index (χ1) is 8.20. The maximum Gasteiger partial charge on any atom is 0.263 e. The summed E-state index contributed by atoms with van der Waals surface area (Å²) in [5, 5.41) is 5.98. The molecule has 0 radical (unpaired) electrons. The fourth-order valence-corrected chi connectivity index (χ4v) is 1.64. The Morgan fingerprint density at radius 1 is 1.65 bits per heavy atom. The minimum atomic E-state index is -0.493. The van der Waals surface area contributed by atoms with Gasteiger partial charge in [0, 0.05) is 6.04 Å². The number of nitrogens with one attached hydrogen (secondary N) is 2. The molecule has 0 saturated carbocycles. The van der Waals surface area contributed by atoms with E-state index in [2.05, 4.69) is 17.2 Å². The lowest BCUT2D eigenvalue weighted by molar-refractivity contribution is -0.127. The lowest BCUT2D eigenvalue weighted by Gasteiger charge is -2.27. The normalized spacial score (nSPS) is 19.2. The van der Waals surface area contributed by atoms with Crippen molar-refractivity contribution in [3.63, 3.8) is 0 Å². The van der Waals surface area contributed by atoms with Crippen LogP contribution >= 0.6 is 0 Å². The van der Waals surface area contributed by atoms with E-state index >= 15 is 0 Å². The van der Waals surface area contributed by atoms with Crippen LogP contribution in [0, 0.1) is 0 Å². The Morgan fingerprint density at radius 2 is 2.41 bits per heavy atom. The summed E-state index contributed by atoms with van der Waals surface area (Å²) in [4.78, 5) is 11.9. The van der Waals surface area contributed by atoms with Gasteiger partial charge in [-0.1, -0.05) is 18.2 Å². The number of anilines is 1. The van der Waals surface area contributed by atoms with Crippen LogP contribution in [-0.2, 0) is 4.79 Å². The predicted octanol–water partition coefficient (Wildman–Crippen LogP) is 1.55. The highest BCUT2D eigenvalue weighted by molar-refractivity contribution is 5.83. The van der Waals surface area contributed by atoms with Gasteiger partial charge in [0.1, 0.15) is 5.75 Å². The smallest absolute Gasteiger partial charge is 0.263 e. The molecule has 2 atom stereocenters. The number of carbonyl (C=O) groups excluding carboxylic acids is 1. The Kier molecular flexibility index (Phi) is 3.32. The zero-order valence-corrected chi connectivity index (χ0v) is 9.77. The summed E-state index contributed by atoms with van der Waals surface area (Å²) in [5.74, 6) is 0.588. The third kappa shape index (κ3) is 2.58. The molecule has 1 amide bonds. The molecule has 0 bridgehead atoms. The first-order valence-corrected chi connectivity index (χ1v) is 5.63. The zero-order chi connectivity index (χ0) is 12.3. The van der Waals surface area contributed by atoms with Crippen molar-refractivity contribution < 1.29 is 9.53 Å². The van der Waals surface area contributed by atoms with Gasteiger partial charge in [-0.15, -0.1) is 6.58 Å². The van der Waals surface area contributed by atoms with E-state index in [9.17, 15) is 4.79 Å².